The average Bonchev–Trinajstić information content (AvgIpc) is 3.42. The van der Waals surface area contributed by atoms with Crippen LogP contribution >= 0.6 is 0 Å². The number of nitrogens with zero attached hydrogens (tertiary/aromatic N) is 3. The molecule has 41 heavy (non-hydrogen) atoms. The lowest BCUT2D eigenvalue weighted by atomic mass is 9.95. The molecule has 0 bridgehead atoms. The van der Waals surface area contributed by atoms with Gasteiger partial charge in [-0.15, -0.1) is 0 Å². The standard InChI is InChI=1S/C37H23N3O/c1-4-12-24(13-5-1)33-29-19-11-10-18-27(29)22-31-30-21-20-28(23-32(30)41-34(31)33)37-39-35(25-14-6-2-7-15-25)38-36(40-37)26-16-8-3-9-17-26/h1-23H. The van der Waals surface area contributed by atoms with Gasteiger partial charge in [0.2, 0.25) is 0 Å². The minimum Gasteiger partial charge on any atom is -0.455 e. The lowest BCUT2D eigenvalue weighted by Gasteiger charge is -2.08. The molecule has 0 saturated heterocycles. The highest BCUT2D eigenvalue weighted by atomic mass is 16.3. The number of hydrogen-bond donors (Lipinski definition) is 0. The monoisotopic (exact) mass is 525 g/mol. The number of rotatable bonds is 4. The zero-order valence-electron chi connectivity index (χ0n) is 22.0. The second-order valence-electron chi connectivity index (χ2n) is 10.1. The third kappa shape index (κ3) is 4.05. The van der Waals surface area contributed by atoms with Crippen LogP contribution in [0.5, 0.6) is 0 Å². The van der Waals surface area contributed by atoms with Crippen molar-refractivity contribution in [2.75, 3.05) is 0 Å². The van der Waals surface area contributed by atoms with Gasteiger partial charge in [-0.05, 0) is 34.5 Å². The molecule has 8 rings (SSSR count). The van der Waals surface area contributed by atoms with Crippen molar-refractivity contribution in [1.29, 1.82) is 0 Å². The Morgan fingerprint density at radius 3 is 1.56 bits per heavy atom. The molecule has 8 aromatic rings. The molecular formula is C37H23N3O. The minimum atomic E-state index is 0.605. The highest BCUT2D eigenvalue weighted by molar-refractivity contribution is 6.18. The predicted molar refractivity (Wildman–Crippen MR) is 166 cm³/mol. The van der Waals surface area contributed by atoms with Crippen LogP contribution in [-0.2, 0) is 0 Å². The average molecular weight is 526 g/mol. The van der Waals surface area contributed by atoms with Crippen molar-refractivity contribution in [1.82, 2.24) is 15.0 Å². The van der Waals surface area contributed by atoms with E-state index < -0.39 is 0 Å². The Bertz CT molecular complexity index is 2130. The van der Waals surface area contributed by atoms with E-state index in [0.717, 1.165) is 49.8 Å². The van der Waals surface area contributed by atoms with Gasteiger partial charge in [-0.3, -0.25) is 0 Å². The molecule has 0 atom stereocenters. The van der Waals surface area contributed by atoms with E-state index in [1.54, 1.807) is 0 Å². The second-order valence-corrected chi connectivity index (χ2v) is 10.1. The van der Waals surface area contributed by atoms with Gasteiger partial charge < -0.3 is 4.42 Å². The number of fused-ring (bicyclic) bond motifs is 4. The van der Waals surface area contributed by atoms with Crippen molar-refractivity contribution in [2.24, 2.45) is 0 Å². The van der Waals surface area contributed by atoms with Crippen LogP contribution < -0.4 is 0 Å². The lowest BCUT2D eigenvalue weighted by Crippen LogP contribution is -2.00. The molecule has 4 nitrogen and oxygen atoms in total. The molecule has 2 aromatic heterocycles. The third-order valence-corrected chi connectivity index (χ3v) is 7.51. The second kappa shape index (κ2) is 9.54. The maximum atomic E-state index is 6.67. The van der Waals surface area contributed by atoms with Crippen molar-refractivity contribution in [3.05, 3.63) is 140 Å². The Labute approximate surface area is 236 Å². The molecule has 0 aliphatic carbocycles. The van der Waals surface area contributed by atoms with Crippen LogP contribution in [0, 0.1) is 0 Å². The maximum absolute atomic E-state index is 6.67. The van der Waals surface area contributed by atoms with Gasteiger partial charge in [0, 0.05) is 33.0 Å². The molecule has 0 radical (unpaired) electrons. The van der Waals surface area contributed by atoms with E-state index in [9.17, 15) is 0 Å². The molecule has 0 aliphatic rings. The van der Waals surface area contributed by atoms with Crippen LogP contribution in [0.25, 0.3) is 78.0 Å². The summed E-state index contributed by atoms with van der Waals surface area (Å²) in [6, 6.07) is 47.5. The zero-order chi connectivity index (χ0) is 27.2. The van der Waals surface area contributed by atoms with Crippen LogP contribution in [0.15, 0.2) is 144 Å². The molecule has 0 N–H and O–H groups in total. The van der Waals surface area contributed by atoms with E-state index in [2.05, 4.69) is 66.7 Å². The molecule has 0 amide bonds. The first-order chi connectivity index (χ1) is 20.3. The van der Waals surface area contributed by atoms with Gasteiger partial charge >= 0.3 is 0 Å². The van der Waals surface area contributed by atoms with E-state index in [-0.39, 0.29) is 0 Å². The van der Waals surface area contributed by atoms with E-state index >= 15 is 0 Å². The summed E-state index contributed by atoms with van der Waals surface area (Å²) in [7, 11) is 0. The Morgan fingerprint density at radius 1 is 0.390 bits per heavy atom. The van der Waals surface area contributed by atoms with Gasteiger partial charge in [0.25, 0.3) is 0 Å². The molecule has 0 aliphatic heterocycles. The topological polar surface area (TPSA) is 51.8 Å². The molecular weight excluding hydrogens is 502 g/mol. The van der Waals surface area contributed by atoms with E-state index in [1.807, 2.05) is 72.8 Å². The fourth-order valence-corrected chi connectivity index (χ4v) is 5.54. The summed E-state index contributed by atoms with van der Waals surface area (Å²) in [5.41, 5.74) is 6.68. The van der Waals surface area contributed by atoms with Crippen molar-refractivity contribution >= 4 is 32.7 Å². The van der Waals surface area contributed by atoms with Gasteiger partial charge in [0.1, 0.15) is 11.2 Å². The van der Waals surface area contributed by atoms with Gasteiger partial charge in [-0.1, -0.05) is 121 Å². The summed E-state index contributed by atoms with van der Waals surface area (Å²) in [5.74, 6) is 1.88. The summed E-state index contributed by atoms with van der Waals surface area (Å²) >= 11 is 0. The minimum absolute atomic E-state index is 0.605. The summed E-state index contributed by atoms with van der Waals surface area (Å²) < 4.78 is 6.67. The fraction of sp³-hybridized carbons (Fsp3) is 0. The first kappa shape index (κ1) is 23.3. The summed E-state index contributed by atoms with van der Waals surface area (Å²) in [6.07, 6.45) is 0. The quantitative estimate of drug-likeness (QED) is 0.230. The van der Waals surface area contributed by atoms with Crippen molar-refractivity contribution < 1.29 is 4.42 Å². The molecule has 4 heteroatoms. The molecule has 0 unspecified atom stereocenters. The van der Waals surface area contributed by atoms with Crippen LogP contribution in [0.4, 0.5) is 0 Å². The van der Waals surface area contributed by atoms with Gasteiger partial charge in [-0.25, -0.2) is 15.0 Å². The Hall–Kier alpha value is -5.61. The predicted octanol–water partition coefficient (Wildman–Crippen LogP) is 9.59. The van der Waals surface area contributed by atoms with Gasteiger partial charge in [0.15, 0.2) is 17.5 Å². The molecule has 2 heterocycles. The highest BCUT2D eigenvalue weighted by Gasteiger charge is 2.18. The molecule has 192 valence electrons. The Kier molecular flexibility index (Phi) is 5.42. The van der Waals surface area contributed by atoms with Crippen molar-refractivity contribution in [3.8, 4) is 45.3 Å². The number of benzene rings is 6. The SMILES string of the molecule is c1ccc(-c2nc(-c3ccccc3)nc(-c3ccc4c(c3)oc3c(-c5ccccc5)c5ccccc5cc34)n2)cc1. The van der Waals surface area contributed by atoms with Gasteiger partial charge in [-0.2, -0.15) is 0 Å². The van der Waals surface area contributed by atoms with E-state index in [4.69, 9.17) is 19.4 Å². The van der Waals surface area contributed by atoms with Crippen LogP contribution in [0.3, 0.4) is 0 Å². The number of aromatic nitrogens is 3. The van der Waals surface area contributed by atoms with Crippen LogP contribution in [0.1, 0.15) is 0 Å². The summed E-state index contributed by atoms with van der Waals surface area (Å²) in [6.45, 7) is 0. The van der Waals surface area contributed by atoms with Gasteiger partial charge in [0.05, 0.1) is 0 Å². The van der Waals surface area contributed by atoms with E-state index in [1.165, 1.54) is 10.8 Å². The summed E-state index contributed by atoms with van der Waals surface area (Å²) in [5, 5.41) is 4.51. The van der Waals surface area contributed by atoms with Crippen molar-refractivity contribution in [3.63, 3.8) is 0 Å². The third-order valence-electron chi connectivity index (χ3n) is 7.51. The molecule has 0 saturated carbocycles. The zero-order valence-corrected chi connectivity index (χ0v) is 22.0. The molecule has 0 fully saturated rings. The number of hydrogen-bond acceptors (Lipinski definition) is 4. The number of furan rings is 1. The van der Waals surface area contributed by atoms with E-state index in [0.29, 0.717) is 17.5 Å². The maximum Gasteiger partial charge on any atom is 0.164 e. The molecule has 0 spiro atoms. The van der Waals surface area contributed by atoms with Crippen LogP contribution in [0.2, 0.25) is 0 Å². The largest absolute Gasteiger partial charge is 0.455 e. The normalized spacial score (nSPS) is 11.4. The highest BCUT2D eigenvalue weighted by Crippen LogP contribution is 2.41. The summed E-state index contributed by atoms with van der Waals surface area (Å²) in [4.78, 5) is 14.6. The fourth-order valence-electron chi connectivity index (χ4n) is 5.54. The first-order valence-electron chi connectivity index (χ1n) is 13.6. The molecule has 6 aromatic carbocycles. The smallest absolute Gasteiger partial charge is 0.164 e. The van der Waals surface area contributed by atoms with Crippen molar-refractivity contribution in [2.45, 2.75) is 0 Å². The lowest BCUT2D eigenvalue weighted by molar-refractivity contribution is 0.670. The first-order valence-corrected chi connectivity index (χ1v) is 13.6. The Balaban J connectivity index is 1.36. The van der Waals surface area contributed by atoms with Crippen LogP contribution in [-0.4, -0.2) is 15.0 Å². The Morgan fingerprint density at radius 2 is 0.927 bits per heavy atom.